The largest absolute Gasteiger partial charge is 0.405 e. The molecular weight excluding hydrogens is 483 g/mol. The molecule has 0 aromatic heterocycles. The third-order valence-electron chi connectivity index (χ3n) is 5.34. The molecule has 0 spiro atoms. The highest BCUT2D eigenvalue weighted by atomic mass is 19.4. The average molecular weight is 519 g/mol. The summed E-state index contributed by atoms with van der Waals surface area (Å²) in [4.78, 5) is 38.5. The van der Waals surface area contributed by atoms with E-state index in [1.807, 2.05) is 0 Å². The highest BCUT2D eigenvalue weighted by molar-refractivity contribution is 5.90. The number of hydrogen-bond acceptors (Lipinski definition) is 6. The molecule has 1 aliphatic heterocycles. The summed E-state index contributed by atoms with van der Waals surface area (Å²) in [5, 5.41) is 13.5. The van der Waals surface area contributed by atoms with Crippen LogP contribution < -0.4 is 16.4 Å². The summed E-state index contributed by atoms with van der Waals surface area (Å²) in [5.41, 5.74) is 5.34. The van der Waals surface area contributed by atoms with Gasteiger partial charge in [0.2, 0.25) is 11.8 Å². The van der Waals surface area contributed by atoms with Crippen LogP contribution >= 0.6 is 0 Å². The van der Waals surface area contributed by atoms with Crippen LogP contribution in [0.3, 0.4) is 0 Å². The number of amides is 3. The first-order valence-corrected chi connectivity index (χ1v) is 11.2. The molecule has 5 N–H and O–H groups in total. The number of nitrogens with one attached hydrogen (secondary N) is 2. The number of halogens is 5. The fourth-order valence-electron chi connectivity index (χ4n) is 3.46. The van der Waals surface area contributed by atoms with Gasteiger partial charge in [0, 0.05) is 6.54 Å². The summed E-state index contributed by atoms with van der Waals surface area (Å²) in [6.45, 7) is 6.12. The molecule has 35 heavy (non-hydrogen) atoms. The molecule has 9 nitrogen and oxygen atoms in total. The van der Waals surface area contributed by atoms with Crippen molar-refractivity contribution in [1.29, 1.82) is 0 Å². The van der Waals surface area contributed by atoms with E-state index in [0.717, 1.165) is 5.32 Å². The molecule has 0 aliphatic carbocycles. The van der Waals surface area contributed by atoms with Crippen molar-refractivity contribution >= 4 is 17.7 Å². The number of ether oxygens (including phenoxy) is 1. The summed E-state index contributed by atoms with van der Waals surface area (Å²) in [6.07, 6.45) is -7.12. The Balaban J connectivity index is 2.92. The molecule has 0 aromatic rings. The molecule has 14 heteroatoms. The summed E-state index contributed by atoms with van der Waals surface area (Å²) in [7, 11) is 0. The highest BCUT2D eigenvalue weighted by Gasteiger charge is 2.52. The highest BCUT2D eigenvalue weighted by Crippen LogP contribution is 2.27. The fraction of sp³-hybridized carbons (Fsp3) is 0.857. The number of likely N-dealkylation sites (tertiary alicyclic amines) is 1. The lowest BCUT2D eigenvalue weighted by atomic mass is 9.93. The third-order valence-corrected chi connectivity index (χ3v) is 5.34. The number of hydrogen-bond donors (Lipinski definition) is 4. The first-order valence-electron chi connectivity index (χ1n) is 11.2. The smallest absolute Gasteiger partial charge is 0.384 e. The number of carbonyl (C=O) groups is 3. The second-order valence-electron chi connectivity index (χ2n) is 9.86. The van der Waals surface area contributed by atoms with Gasteiger partial charge in [-0.05, 0) is 39.5 Å². The number of rotatable bonds is 10. The number of aliphatic hydroxyl groups is 1. The van der Waals surface area contributed by atoms with Gasteiger partial charge < -0.3 is 31.1 Å². The van der Waals surface area contributed by atoms with Crippen LogP contribution in [0, 0.1) is 5.92 Å². The van der Waals surface area contributed by atoms with Gasteiger partial charge in [-0.2, -0.15) is 22.0 Å². The minimum atomic E-state index is -4.93. The molecule has 1 saturated heterocycles. The molecule has 0 radical (unpaired) electrons. The Morgan fingerprint density at radius 1 is 1.14 bits per heavy atom. The Labute approximate surface area is 200 Å². The minimum absolute atomic E-state index is 0.111. The van der Waals surface area contributed by atoms with Crippen LogP contribution in [0.2, 0.25) is 0 Å². The molecular formula is C21H35F5N4O5. The Morgan fingerprint density at radius 2 is 1.71 bits per heavy atom. The molecule has 3 amide bonds. The summed E-state index contributed by atoms with van der Waals surface area (Å²) >= 11 is 0. The number of aliphatic hydroxyl groups excluding tert-OH is 1. The van der Waals surface area contributed by atoms with Gasteiger partial charge in [-0.25, -0.2) is 0 Å². The van der Waals surface area contributed by atoms with E-state index in [1.54, 1.807) is 20.8 Å². The van der Waals surface area contributed by atoms with Crippen LogP contribution in [0.25, 0.3) is 0 Å². The van der Waals surface area contributed by atoms with Crippen LogP contribution in [0.4, 0.5) is 22.0 Å². The van der Waals surface area contributed by atoms with Crippen molar-refractivity contribution in [3.05, 3.63) is 0 Å². The van der Waals surface area contributed by atoms with E-state index < -0.39 is 72.1 Å². The minimum Gasteiger partial charge on any atom is -0.384 e. The standard InChI is InChI=1S/C21H35F5N4O5/c1-11(2)14(15(31)21(25,26)18(34)28-10-20(22,23)24)29-16(32)13-7-6-8-30(13)17(33)12(27)9-35-19(3,4)5/h11-15,31H,6-10,27H2,1-5H3,(H,28,34)(H,29,32)/t12-,13?,14?,15?/m0/s1. The lowest BCUT2D eigenvalue weighted by Crippen LogP contribution is -2.61. The van der Waals surface area contributed by atoms with E-state index in [2.05, 4.69) is 5.32 Å². The number of carbonyl (C=O) groups excluding carboxylic acids is 3. The van der Waals surface area contributed by atoms with Crippen LogP contribution in [-0.4, -0.2) is 89.4 Å². The second kappa shape index (κ2) is 11.8. The number of alkyl halides is 5. The molecule has 4 atom stereocenters. The first-order chi connectivity index (χ1) is 15.8. The van der Waals surface area contributed by atoms with Crippen molar-refractivity contribution in [2.45, 2.75) is 89.4 Å². The van der Waals surface area contributed by atoms with Gasteiger partial charge in [0.15, 0.2) is 0 Å². The predicted octanol–water partition coefficient (Wildman–Crippen LogP) is 0.935. The first kappa shape index (κ1) is 31.0. The van der Waals surface area contributed by atoms with Gasteiger partial charge in [0.25, 0.3) is 5.91 Å². The molecule has 1 fully saturated rings. The third kappa shape index (κ3) is 9.15. The predicted molar refractivity (Wildman–Crippen MR) is 115 cm³/mol. The van der Waals surface area contributed by atoms with Crippen molar-refractivity contribution < 1.29 is 46.2 Å². The normalized spacial score (nSPS) is 19.9. The Morgan fingerprint density at radius 3 is 2.20 bits per heavy atom. The quantitative estimate of drug-likeness (QED) is 0.318. The molecule has 0 saturated carbocycles. The van der Waals surface area contributed by atoms with Crippen molar-refractivity contribution in [3.63, 3.8) is 0 Å². The number of nitrogens with zero attached hydrogens (tertiary/aromatic N) is 1. The summed E-state index contributed by atoms with van der Waals surface area (Å²) in [5.74, 6) is -9.24. The van der Waals surface area contributed by atoms with Crippen molar-refractivity contribution in [1.82, 2.24) is 15.5 Å². The monoisotopic (exact) mass is 518 g/mol. The van der Waals surface area contributed by atoms with E-state index in [0.29, 0.717) is 6.42 Å². The zero-order chi connectivity index (χ0) is 27.4. The Kier molecular flexibility index (Phi) is 10.4. The second-order valence-corrected chi connectivity index (χ2v) is 9.86. The Hall–Kier alpha value is -2.06. The van der Waals surface area contributed by atoms with Gasteiger partial charge >= 0.3 is 12.1 Å². The van der Waals surface area contributed by atoms with Crippen LogP contribution in [0.5, 0.6) is 0 Å². The van der Waals surface area contributed by atoms with Crippen molar-refractivity contribution in [3.8, 4) is 0 Å². The van der Waals surface area contributed by atoms with Gasteiger partial charge in [-0.3, -0.25) is 14.4 Å². The maximum Gasteiger partial charge on any atom is 0.405 e. The van der Waals surface area contributed by atoms with Crippen molar-refractivity contribution in [2.24, 2.45) is 11.7 Å². The van der Waals surface area contributed by atoms with Crippen LogP contribution in [0.1, 0.15) is 47.5 Å². The van der Waals surface area contributed by atoms with Gasteiger partial charge in [0.1, 0.15) is 24.7 Å². The molecule has 1 rings (SSSR count). The molecule has 0 bridgehead atoms. The van der Waals surface area contributed by atoms with E-state index in [9.17, 15) is 41.4 Å². The van der Waals surface area contributed by atoms with E-state index in [4.69, 9.17) is 10.5 Å². The van der Waals surface area contributed by atoms with Crippen LogP contribution in [0.15, 0.2) is 0 Å². The zero-order valence-electron chi connectivity index (χ0n) is 20.4. The maximum absolute atomic E-state index is 14.4. The molecule has 204 valence electrons. The lowest BCUT2D eigenvalue weighted by Gasteiger charge is -2.34. The maximum atomic E-state index is 14.4. The summed E-state index contributed by atoms with van der Waals surface area (Å²) in [6, 6.07) is -3.84. The summed E-state index contributed by atoms with van der Waals surface area (Å²) < 4.78 is 71.2. The SMILES string of the molecule is CC(C)C(NC(=O)C1CCCN1C(=O)[C@@H](N)COC(C)(C)C)C(O)C(F)(F)C(=O)NCC(F)(F)F. The number of nitrogens with two attached hydrogens (primary N) is 1. The van der Waals surface area contributed by atoms with E-state index in [1.165, 1.54) is 18.7 Å². The van der Waals surface area contributed by atoms with E-state index in [-0.39, 0.29) is 19.6 Å². The molecule has 0 aromatic carbocycles. The van der Waals surface area contributed by atoms with Gasteiger partial charge in [-0.1, -0.05) is 13.8 Å². The Bertz CT molecular complexity index is 757. The molecule has 1 heterocycles. The van der Waals surface area contributed by atoms with Crippen LogP contribution in [-0.2, 0) is 19.1 Å². The van der Waals surface area contributed by atoms with Crippen molar-refractivity contribution in [2.75, 3.05) is 19.7 Å². The zero-order valence-corrected chi connectivity index (χ0v) is 20.4. The molecule has 1 aliphatic rings. The lowest BCUT2D eigenvalue weighted by molar-refractivity contribution is -0.175. The van der Waals surface area contributed by atoms with Gasteiger partial charge in [0.05, 0.1) is 18.2 Å². The van der Waals surface area contributed by atoms with Gasteiger partial charge in [-0.15, -0.1) is 0 Å². The fourth-order valence-corrected chi connectivity index (χ4v) is 3.46. The van der Waals surface area contributed by atoms with E-state index >= 15 is 0 Å². The average Bonchev–Trinajstić information content (AvgIpc) is 3.21. The molecule has 3 unspecified atom stereocenters. The topological polar surface area (TPSA) is 134 Å².